The van der Waals surface area contributed by atoms with E-state index in [1.807, 2.05) is 25.7 Å². The van der Waals surface area contributed by atoms with Crippen LogP contribution >= 0.6 is 0 Å². The van der Waals surface area contributed by atoms with E-state index in [-0.39, 0.29) is 11.9 Å². The Morgan fingerprint density at radius 2 is 1.72 bits per heavy atom. The number of nitrogens with zero attached hydrogens (tertiary/aromatic N) is 5. The van der Waals surface area contributed by atoms with Crippen molar-refractivity contribution in [2.45, 2.75) is 65.5 Å². The fourth-order valence-electron chi connectivity index (χ4n) is 5.03. The summed E-state index contributed by atoms with van der Waals surface area (Å²) in [4.78, 5) is 29.1. The SMILES string of the molecule is CCN(CC)C(=O)c1cnc(C2CCCCN2Cc2ccc(N3CCCC3)cc2)nc1C. The Bertz CT molecular complexity index is 903. The Morgan fingerprint density at radius 1 is 1.03 bits per heavy atom. The van der Waals surface area contributed by atoms with Gasteiger partial charge in [0, 0.05) is 44.6 Å². The lowest BCUT2D eigenvalue weighted by Gasteiger charge is -2.35. The summed E-state index contributed by atoms with van der Waals surface area (Å²) in [5.41, 5.74) is 4.09. The second kappa shape index (κ2) is 10.4. The van der Waals surface area contributed by atoms with E-state index in [9.17, 15) is 4.79 Å². The summed E-state index contributed by atoms with van der Waals surface area (Å²) in [7, 11) is 0. The van der Waals surface area contributed by atoms with Crippen LogP contribution in [0.2, 0.25) is 0 Å². The molecule has 6 heteroatoms. The molecule has 0 bridgehead atoms. The number of hydrogen-bond acceptors (Lipinski definition) is 5. The zero-order valence-corrected chi connectivity index (χ0v) is 19.9. The molecule has 32 heavy (non-hydrogen) atoms. The highest BCUT2D eigenvalue weighted by Crippen LogP contribution is 2.31. The first kappa shape index (κ1) is 22.7. The molecule has 0 spiro atoms. The Balaban J connectivity index is 1.48. The molecule has 6 nitrogen and oxygen atoms in total. The molecule has 0 saturated carbocycles. The molecular weight excluding hydrogens is 398 g/mol. The summed E-state index contributed by atoms with van der Waals surface area (Å²) >= 11 is 0. The zero-order valence-electron chi connectivity index (χ0n) is 19.9. The van der Waals surface area contributed by atoms with Crippen LogP contribution in [-0.2, 0) is 6.54 Å². The molecule has 172 valence electrons. The lowest BCUT2D eigenvalue weighted by molar-refractivity contribution is 0.0770. The van der Waals surface area contributed by atoms with E-state index in [2.05, 4.69) is 39.0 Å². The van der Waals surface area contributed by atoms with Crippen LogP contribution in [0.15, 0.2) is 30.5 Å². The van der Waals surface area contributed by atoms with Crippen LogP contribution in [0.5, 0.6) is 0 Å². The topological polar surface area (TPSA) is 52.6 Å². The molecule has 0 N–H and O–H groups in total. The first-order valence-electron chi connectivity index (χ1n) is 12.3. The lowest BCUT2D eigenvalue weighted by atomic mass is 10.00. The van der Waals surface area contributed by atoms with Gasteiger partial charge < -0.3 is 9.80 Å². The van der Waals surface area contributed by atoms with Gasteiger partial charge in [-0.2, -0.15) is 0 Å². The molecule has 1 aromatic carbocycles. The van der Waals surface area contributed by atoms with Gasteiger partial charge in [0.2, 0.25) is 0 Å². The summed E-state index contributed by atoms with van der Waals surface area (Å²) in [6.07, 6.45) is 7.81. The van der Waals surface area contributed by atoms with Crippen LogP contribution in [-0.4, -0.2) is 58.4 Å². The third kappa shape index (κ3) is 4.96. The molecule has 2 aliphatic rings. The minimum absolute atomic E-state index is 0.0256. The predicted molar refractivity (Wildman–Crippen MR) is 129 cm³/mol. The van der Waals surface area contributed by atoms with Crippen molar-refractivity contribution in [1.29, 1.82) is 0 Å². The largest absolute Gasteiger partial charge is 0.372 e. The average molecular weight is 436 g/mol. The number of benzene rings is 1. The van der Waals surface area contributed by atoms with Gasteiger partial charge in [0.1, 0.15) is 5.82 Å². The Kier molecular flexibility index (Phi) is 7.40. The standard InChI is InChI=1S/C26H37N5O/c1-4-29(5-2)26(32)23-18-27-25(28-20(23)3)24-10-6-7-17-31(24)19-21-11-13-22(14-12-21)30-15-8-9-16-30/h11-14,18,24H,4-10,15-17,19H2,1-3H3. The maximum absolute atomic E-state index is 12.8. The summed E-state index contributed by atoms with van der Waals surface area (Å²) in [5.74, 6) is 0.879. The fraction of sp³-hybridized carbons (Fsp3) is 0.577. The van der Waals surface area contributed by atoms with Crippen molar-refractivity contribution in [2.75, 3.05) is 37.6 Å². The van der Waals surface area contributed by atoms with Gasteiger partial charge in [-0.15, -0.1) is 0 Å². The molecule has 1 amide bonds. The lowest BCUT2D eigenvalue weighted by Crippen LogP contribution is -2.35. The summed E-state index contributed by atoms with van der Waals surface area (Å²) in [5, 5.41) is 0. The highest BCUT2D eigenvalue weighted by atomic mass is 16.2. The molecule has 4 rings (SSSR count). The maximum Gasteiger partial charge on any atom is 0.257 e. The van der Waals surface area contributed by atoms with E-state index >= 15 is 0 Å². The van der Waals surface area contributed by atoms with Crippen LogP contribution in [0.4, 0.5) is 5.69 Å². The second-order valence-corrected chi connectivity index (χ2v) is 9.05. The number of likely N-dealkylation sites (tertiary alicyclic amines) is 1. The van der Waals surface area contributed by atoms with Crippen molar-refractivity contribution in [3.05, 3.63) is 53.1 Å². The van der Waals surface area contributed by atoms with Crippen molar-refractivity contribution >= 4 is 11.6 Å². The zero-order chi connectivity index (χ0) is 22.5. The number of rotatable bonds is 7. The third-order valence-corrected chi connectivity index (χ3v) is 6.98. The fourth-order valence-corrected chi connectivity index (χ4v) is 5.03. The molecule has 0 radical (unpaired) electrons. The highest BCUT2D eigenvalue weighted by molar-refractivity contribution is 5.94. The smallest absolute Gasteiger partial charge is 0.257 e. The van der Waals surface area contributed by atoms with Crippen LogP contribution in [0.1, 0.15) is 79.4 Å². The second-order valence-electron chi connectivity index (χ2n) is 9.05. The molecule has 2 aromatic rings. The van der Waals surface area contributed by atoms with E-state index in [4.69, 9.17) is 4.98 Å². The minimum Gasteiger partial charge on any atom is -0.372 e. The van der Waals surface area contributed by atoms with Crippen molar-refractivity contribution < 1.29 is 4.79 Å². The molecule has 0 aliphatic carbocycles. The molecule has 3 heterocycles. The van der Waals surface area contributed by atoms with Crippen molar-refractivity contribution in [1.82, 2.24) is 19.8 Å². The van der Waals surface area contributed by atoms with Crippen LogP contribution in [0.25, 0.3) is 0 Å². The molecule has 2 aliphatic heterocycles. The number of carbonyl (C=O) groups is 1. The van der Waals surface area contributed by atoms with Gasteiger partial charge in [-0.3, -0.25) is 9.69 Å². The number of carbonyl (C=O) groups excluding carboxylic acids is 1. The highest BCUT2D eigenvalue weighted by Gasteiger charge is 2.27. The Labute approximate surface area is 192 Å². The van der Waals surface area contributed by atoms with E-state index in [1.165, 1.54) is 50.0 Å². The van der Waals surface area contributed by atoms with E-state index in [1.54, 1.807) is 6.20 Å². The average Bonchev–Trinajstić information content (AvgIpc) is 3.36. The summed E-state index contributed by atoms with van der Waals surface area (Å²) < 4.78 is 0. The van der Waals surface area contributed by atoms with Gasteiger partial charge in [0.25, 0.3) is 5.91 Å². The van der Waals surface area contributed by atoms with Crippen LogP contribution < -0.4 is 4.90 Å². The first-order valence-corrected chi connectivity index (χ1v) is 12.3. The molecular formula is C26H37N5O. The van der Waals surface area contributed by atoms with Crippen LogP contribution in [0, 0.1) is 6.92 Å². The van der Waals surface area contributed by atoms with Gasteiger partial charge in [-0.05, 0) is 70.7 Å². The van der Waals surface area contributed by atoms with Crippen molar-refractivity contribution in [3.8, 4) is 0 Å². The predicted octanol–water partition coefficient (Wildman–Crippen LogP) is 4.59. The van der Waals surface area contributed by atoms with Gasteiger partial charge in [0.15, 0.2) is 0 Å². The molecule has 1 unspecified atom stereocenters. The third-order valence-electron chi connectivity index (χ3n) is 6.98. The van der Waals surface area contributed by atoms with Crippen molar-refractivity contribution in [2.24, 2.45) is 0 Å². The van der Waals surface area contributed by atoms with Gasteiger partial charge in [0.05, 0.1) is 17.3 Å². The normalized spacial score (nSPS) is 19.3. The van der Waals surface area contributed by atoms with Gasteiger partial charge in [-0.25, -0.2) is 9.97 Å². The molecule has 1 atom stereocenters. The minimum atomic E-state index is 0.0256. The molecule has 1 aromatic heterocycles. The summed E-state index contributed by atoms with van der Waals surface area (Å²) in [6.45, 7) is 11.7. The van der Waals surface area contributed by atoms with E-state index in [0.717, 1.165) is 31.0 Å². The van der Waals surface area contributed by atoms with Gasteiger partial charge >= 0.3 is 0 Å². The number of hydrogen-bond donors (Lipinski definition) is 0. The maximum atomic E-state index is 12.8. The molecule has 2 saturated heterocycles. The van der Waals surface area contributed by atoms with Crippen LogP contribution in [0.3, 0.4) is 0 Å². The number of anilines is 1. The van der Waals surface area contributed by atoms with E-state index < -0.39 is 0 Å². The first-order chi connectivity index (χ1) is 15.6. The van der Waals surface area contributed by atoms with Gasteiger partial charge in [-0.1, -0.05) is 18.6 Å². The van der Waals surface area contributed by atoms with Crippen molar-refractivity contribution in [3.63, 3.8) is 0 Å². The number of aromatic nitrogens is 2. The number of amides is 1. The Morgan fingerprint density at radius 3 is 2.38 bits per heavy atom. The Hall–Kier alpha value is -2.47. The van der Waals surface area contributed by atoms with E-state index in [0.29, 0.717) is 18.7 Å². The summed E-state index contributed by atoms with van der Waals surface area (Å²) in [6, 6.07) is 9.30. The monoisotopic (exact) mass is 435 g/mol. The quantitative estimate of drug-likeness (QED) is 0.636. The number of piperidine rings is 1. The number of aryl methyl sites for hydroxylation is 1. The molecule has 2 fully saturated rings.